The number of hydrogen-bond donors (Lipinski definition) is 1. The van der Waals surface area contributed by atoms with Crippen molar-refractivity contribution in [1.29, 1.82) is 0 Å². The number of anilines is 1. The molecule has 0 fully saturated rings. The van der Waals surface area contributed by atoms with Gasteiger partial charge in [0.15, 0.2) is 5.82 Å². The second kappa shape index (κ2) is 3.14. The van der Waals surface area contributed by atoms with Crippen molar-refractivity contribution in [1.82, 2.24) is 9.78 Å². The summed E-state index contributed by atoms with van der Waals surface area (Å²) in [5.74, 6) is -0.322. The number of benzene rings is 1. The number of aromatic nitrogens is 2. The molecule has 0 aliphatic rings. The lowest BCUT2D eigenvalue weighted by Crippen LogP contribution is -1.88. The van der Waals surface area contributed by atoms with Crippen molar-refractivity contribution in [3.05, 3.63) is 36.3 Å². The summed E-state index contributed by atoms with van der Waals surface area (Å²) >= 11 is 0. The molecule has 72 valence electrons. The molecule has 0 atom stereocenters. The van der Waals surface area contributed by atoms with Crippen LogP contribution in [0.15, 0.2) is 30.5 Å². The molecule has 0 spiro atoms. The van der Waals surface area contributed by atoms with E-state index in [0.717, 1.165) is 5.56 Å². The molecule has 0 bridgehead atoms. The lowest BCUT2D eigenvalue weighted by molar-refractivity contribution is 0.627. The van der Waals surface area contributed by atoms with Gasteiger partial charge in [-0.2, -0.15) is 5.10 Å². The van der Waals surface area contributed by atoms with Gasteiger partial charge in [-0.15, -0.1) is 0 Å². The Morgan fingerprint density at radius 2 is 1.93 bits per heavy atom. The number of halogens is 1. The summed E-state index contributed by atoms with van der Waals surface area (Å²) < 4.78 is 14.7. The normalized spacial score (nSPS) is 10.4. The van der Waals surface area contributed by atoms with Gasteiger partial charge in [0.2, 0.25) is 0 Å². The third-order valence-corrected chi connectivity index (χ3v) is 1.97. The minimum Gasteiger partial charge on any atom is -0.399 e. The number of nitrogens with zero attached hydrogens (tertiary/aromatic N) is 2. The first-order chi connectivity index (χ1) is 6.66. The number of nitrogens with two attached hydrogens (primary N) is 1. The van der Waals surface area contributed by atoms with Gasteiger partial charge in [0.05, 0.1) is 6.20 Å². The van der Waals surface area contributed by atoms with Crippen molar-refractivity contribution in [2.45, 2.75) is 0 Å². The molecule has 0 saturated carbocycles. The molecule has 0 saturated heterocycles. The molecule has 0 radical (unpaired) electrons. The van der Waals surface area contributed by atoms with Crippen LogP contribution < -0.4 is 5.73 Å². The molecular weight excluding hydrogens is 181 g/mol. The summed E-state index contributed by atoms with van der Waals surface area (Å²) in [5.41, 5.74) is 7.27. The quantitative estimate of drug-likeness (QED) is 0.698. The van der Waals surface area contributed by atoms with E-state index in [-0.39, 0.29) is 5.82 Å². The first kappa shape index (κ1) is 8.74. The monoisotopic (exact) mass is 191 g/mol. The smallest absolute Gasteiger partial charge is 0.169 e. The van der Waals surface area contributed by atoms with E-state index >= 15 is 0 Å². The summed E-state index contributed by atoms with van der Waals surface area (Å²) in [7, 11) is 1.68. The van der Waals surface area contributed by atoms with Crippen LogP contribution in [0.2, 0.25) is 0 Å². The van der Waals surface area contributed by atoms with Gasteiger partial charge in [-0.1, -0.05) is 12.1 Å². The topological polar surface area (TPSA) is 43.8 Å². The highest BCUT2D eigenvalue weighted by atomic mass is 19.1. The van der Waals surface area contributed by atoms with Crippen LogP contribution in [0.4, 0.5) is 10.1 Å². The molecule has 0 aliphatic carbocycles. The largest absolute Gasteiger partial charge is 0.399 e. The van der Waals surface area contributed by atoms with Crippen LogP contribution in [0.3, 0.4) is 0 Å². The maximum atomic E-state index is 13.3. The predicted molar refractivity (Wildman–Crippen MR) is 53.0 cm³/mol. The summed E-state index contributed by atoms with van der Waals surface area (Å²) in [6.07, 6.45) is 1.34. The Morgan fingerprint density at radius 1 is 1.29 bits per heavy atom. The number of hydrogen-bond acceptors (Lipinski definition) is 2. The zero-order valence-corrected chi connectivity index (χ0v) is 7.74. The minimum atomic E-state index is -0.322. The second-order valence-electron chi connectivity index (χ2n) is 3.12. The summed E-state index contributed by atoms with van der Waals surface area (Å²) in [4.78, 5) is 0. The Morgan fingerprint density at radius 3 is 2.43 bits per heavy atom. The van der Waals surface area contributed by atoms with Crippen molar-refractivity contribution in [2.24, 2.45) is 7.05 Å². The van der Waals surface area contributed by atoms with Gasteiger partial charge in [0.25, 0.3) is 0 Å². The molecule has 2 aromatic rings. The molecule has 1 aromatic heterocycles. The highest BCUT2D eigenvalue weighted by Gasteiger charge is 2.08. The van der Waals surface area contributed by atoms with Gasteiger partial charge >= 0.3 is 0 Å². The van der Waals surface area contributed by atoms with Crippen LogP contribution in [0.5, 0.6) is 0 Å². The van der Waals surface area contributed by atoms with E-state index in [4.69, 9.17) is 5.73 Å². The van der Waals surface area contributed by atoms with Gasteiger partial charge in [-0.3, -0.25) is 4.68 Å². The molecule has 2 rings (SSSR count). The zero-order chi connectivity index (χ0) is 10.1. The fourth-order valence-electron chi connectivity index (χ4n) is 1.30. The predicted octanol–water partition coefficient (Wildman–Crippen LogP) is 1.81. The van der Waals surface area contributed by atoms with Crippen molar-refractivity contribution in [3.63, 3.8) is 0 Å². The fourth-order valence-corrected chi connectivity index (χ4v) is 1.30. The second-order valence-corrected chi connectivity index (χ2v) is 3.12. The number of nitrogen functional groups attached to an aromatic ring is 1. The SMILES string of the molecule is Cn1cc(F)c(-c2ccc(N)cc2)n1. The lowest BCUT2D eigenvalue weighted by Gasteiger charge is -1.97. The Labute approximate surface area is 81.0 Å². The van der Waals surface area contributed by atoms with Crippen LogP contribution in [0.25, 0.3) is 11.3 Å². The Kier molecular flexibility index (Phi) is 1.96. The zero-order valence-electron chi connectivity index (χ0n) is 7.74. The first-order valence-corrected chi connectivity index (χ1v) is 4.22. The highest BCUT2D eigenvalue weighted by molar-refractivity contribution is 5.61. The van der Waals surface area contributed by atoms with Crippen LogP contribution in [0, 0.1) is 5.82 Å². The first-order valence-electron chi connectivity index (χ1n) is 4.22. The molecule has 0 unspecified atom stereocenters. The Bertz CT molecular complexity index is 445. The number of aryl methyl sites for hydroxylation is 1. The van der Waals surface area contributed by atoms with Crippen LogP contribution >= 0.6 is 0 Å². The van der Waals surface area contributed by atoms with E-state index in [0.29, 0.717) is 11.4 Å². The van der Waals surface area contributed by atoms with E-state index in [9.17, 15) is 4.39 Å². The van der Waals surface area contributed by atoms with Crippen molar-refractivity contribution >= 4 is 5.69 Å². The fraction of sp³-hybridized carbons (Fsp3) is 0.100. The van der Waals surface area contributed by atoms with E-state index in [2.05, 4.69) is 5.10 Å². The van der Waals surface area contributed by atoms with Crippen molar-refractivity contribution in [3.8, 4) is 11.3 Å². The van der Waals surface area contributed by atoms with Crippen molar-refractivity contribution in [2.75, 3.05) is 5.73 Å². The average molecular weight is 191 g/mol. The maximum Gasteiger partial charge on any atom is 0.169 e. The molecular formula is C10H10FN3. The molecule has 2 N–H and O–H groups in total. The number of rotatable bonds is 1. The van der Waals surface area contributed by atoms with Gasteiger partial charge < -0.3 is 5.73 Å². The molecule has 0 amide bonds. The van der Waals surface area contributed by atoms with E-state index < -0.39 is 0 Å². The molecule has 14 heavy (non-hydrogen) atoms. The Balaban J connectivity index is 2.49. The summed E-state index contributed by atoms with van der Waals surface area (Å²) in [6, 6.07) is 6.95. The highest BCUT2D eigenvalue weighted by Crippen LogP contribution is 2.21. The van der Waals surface area contributed by atoms with Gasteiger partial charge in [0.1, 0.15) is 5.69 Å². The molecule has 3 nitrogen and oxygen atoms in total. The average Bonchev–Trinajstić information content (AvgIpc) is 2.47. The molecule has 0 aliphatic heterocycles. The lowest BCUT2D eigenvalue weighted by atomic mass is 10.1. The third kappa shape index (κ3) is 1.46. The summed E-state index contributed by atoms with van der Waals surface area (Å²) in [5, 5.41) is 4.01. The van der Waals surface area contributed by atoms with Gasteiger partial charge in [0, 0.05) is 18.3 Å². The van der Waals surface area contributed by atoms with E-state index in [1.165, 1.54) is 10.9 Å². The van der Waals surface area contributed by atoms with E-state index in [1.54, 1.807) is 31.3 Å². The molecule has 4 heteroatoms. The van der Waals surface area contributed by atoms with Crippen molar-refractivity contribution < 1.29 is 4.39 Å². The maximum absolute atomic E-state index is 13.3. The standard InChI is InChI=1S/C10H10FN3/c1-14-6-9(11)10(13-14)7-2-4-8(12)5-3-7/h2-6H,12H2,1H3. The third-order valence-electron chi connectivity index (χ3n) is 1.97. The molecule has 1 aromatic carbocycles. The van der Waals surface area contributed by atoms with Crippen LogP contribution in [-0.2, 0) is 7.05 Å². The molecule has 1 heterocycles. The summed E-state index contributed by atoms with van der Waals surface area (Å²) in [6.45, 7) is 0. The van der Waals surface area contributed by atoms with E-state index in [1.807, 2.05) is 0 Å². The van der Waals surface area contributed by atoms with Gasteiger partial charge in [-0.05, 0) is 12.1 Å². The van der Waals surface area contributed by atoms with Crippen LogP contribution in [0.1, 0.15) is 0 Å². The Hall–Kier alpha value is -1.84. The minimum absolute atomic E-state index is 0.322. The van der Waals surface area contributed by atoms with Gasteiger partial charge in [-0.25, -0.2) is 4.39 Å². The van der Waals surface area contributed by atoms with Crippen LogP contribution in [-0.4, -0.2) is 9.78 Å².